The second kappa shape index (κ2) is 7.21. The quantitative estimate of drug-likeness (QED) is 0.759. The summed E-state index contributed by atoms with van der Waals surface area (Å²) in [6, 6.07) is 12.7. The summed E-state index contributed by atoms with van der Waals surface area (Å²) < 4.78 is 10.9. The zero-order chi connectivity index (χ0) is 15.2. The average Bonchev–Trinajstić information content (AvgIpc) is 2.53. The molecule has 3 nitrogen and oxygen atoms in total. The molecule has 0 spiro atoms. The standard InChI is InChI=1S/C16H13Cl2NO2/c1-20-16-6-11(2-3-12(16)9-19)10-21-15-5-4-14(18)7-13(15)8-17/h2-7H,8,10H2,1H3. The second-order valence-corrected chi connectivity index (χ2v) is 5.02. The largest absolute Gasteiger partial charge is 0.495 e. The molecule has 21 heavy (non-hydrogen) atoms. The van der Waals surface area contributed by atoms with Crippen molar-refractivity contribution in [1.29, 1.82) is 5.26 Å². The van der Waals surface area contributed by atoms with Gasteiger partial charge < -0.3 is 9.47 Å². The van der Waals surface area contributed by atoms with Crippen molar-refractivity contribution < 1.29 is 9.47 Å². The van der Waals surface area contributed by atoms with Crippen LogP contribution >= 0.6 is 23.2 Å². The summed E-state index contributed by atoms with van der Waals surface area (Å²) in [6.45, 7) is 0.355. The van der Waals surface area contributed by atoms with Gasteiger partial charge in [0.2, 0.25) is 0 Å². The Bertz CT molecular complexity index is 680. The molecule has 5 heteroatoms. The first-order valence-corrected chi connectivity index (χ1v) is 7.13. The molecular formula is C16H13Cl2NO2. The third-order valence-electron chi connectivity index (χ3n) is 2.95. The van der Waals surface area contributed by atoms with Crippen LogP contribution in [0.1, 0.15) is 16.7 Å². The number of alkyl halides is 1. The van der Waals surface area contributed by atoms with Crippen molar-refractivity contribution in [3.8, 4) is 17.6 Å². The first-order valence-electron chi connectivity index (χ1n) is 6.22. The maximum absolute atomic E-state index is 8.95. The molecule has 0 radical (unpaired) electrons. The van der Waals surface area contributed by atoms with Gasteiger partial charge in [-0.25, -0.2) is 0 Å². The van der Waals surface area contributed by atoms with Gasteiger partial charge in [-0.15, -0.1) is 11.6 Å². The molecule has 0 atom stereocenters. The molecule has 2 aromatic carbocycles. The molecule has 2 aromatic rings. The van der Waals surface area contributed by atoms with Crippen LogP contribution in [0.15, 0.2) is 36.4 Å². The minimum absolute atomic E-state index is 0.326. The van der Waals surface area contributed by atoms with Gasteiger partial charge in [0.15, 0.2) is 0 Å². The molecule has 0 saturated heterocycles. The lowest BCUT2D eigenvalue weighted by Crippen LogP contribution is -1.99. The number of hydrogen-bond acceptors (Lipinski definition) is 3. The molecule has 0 unspecified atom stereocenters. The number of hydrogen-bond donors (Lipinski definition) is 0. The Balaban J connectivity index is 2.15. The number of methoxy groups -OCH3 is 1. The van der Waals surface area contributed by atoms with Crippen molar-refractivity contribution in [2.24, 2.45) is 0 Å². The smallest absolute Gasteiger partial charge is 0.137 e. The first kappa shape index (κ1) is 15.5. The lowest BCUT2D eigenvalue weighted by molar-refractivity contribution is 0.303. The Labute approximate surface area is 133 Å². The fourth-order valence-corrected chi connectivity index (χ4v) is 2.28. The Hall–Kier alpha value is -1.89. The molecular weight excluding hydrogens is 309 g/mol. The van der Waals surface area contributed by atoms with Crippen LogP contribution in [0.5, 0.6) is 11.5 Å². The molecule has 0 aliphatic rings. The molecule has 0 saturated carbocycles. The van der Waals surface area contributed by atoms with E-state index in [4.69, 9.17) is 37.9 Å². The third kappa shape index (κ3) is 3.81. The lowest BCUT2D eigenvalue weighted by atomic mass is 10.1. The van der Waals surface area contributed by atoms with Crippen LogP contribution in [0, 0.1) is 11.3 Å². The number of ether oxygens (including phenoxy) is 2. The highest BCUT2D eigenvalue weighted by atomic mass is 35.5. The fourth-order valence-electron chi connectivity index (χ4n) is 1.87. The van der Waals surface area contributed by atoms with Crippen molar-refractivity contribution in [1.82, 2.24) is 0 Å². The van der Waals surface area contributed by atoms with E-state index in [-0.39, 0.29) is 0 Å². The maximum atomic E-state index is 8.95. The molecule has 0 bridgehead atoms. The SMILES string of the molecule is COc1cc(COc2ccc(Cl)cc2CCl)ccc1C#N. The van der Waals surface area contributed by atoms with Gasteiger partial charge in [0.1, 0.15) is 24.2 Å². The number of halogens is 2. The molecule has 0 N–H and O–H groups in total. The van der Waals surface area contributed by atoms with Crippen molar-refractivity contribution in [3.63, 3.8) is 0 Å². The summed E-state index contributed by atoms with van der Waals surface area (Å²) in [4.78, 5) is 0. The van der Waals surface area contributed by atoms with Gasteiger partial charge in [0, 0.05) is 10.6 Å². The van der Waals surface area contributed by atoms with Crippen LogP contribution < -0.4 is 9.47 Å². The van der Waals surface area contributed by atoms with E-state index in [1.165, 1.54) is 7.11 Å². The fraction of sp³-hybridized carbons (Fsp3) is 0.188. The zero-order valence-electron chi connectivity index (χ0n) is 11.4. The van der Waals surface area contributed by atoms with E-state index in [2.05, 4.69) is 6.07 Å². The van der Waals surface area contributed by atoms with Gasteiger partial charge in [-0.05, 0) is 35.9 Å². The molecule has 0 heterocycles. The van der Waals surface area contributed by atoms with Crippen LogP contribution in [0.25, 0.3) is 0 Å². The van der Waals surface area contributed by atoms with E-state index in [0.717, 1.165) is 11.1 Å². The summed E-state index contributed by atoms with van der Waals surface area (Å²) in [6.07, 6.45) is 0. The van der Waals surface area contributed by atoms with Gasteiger partial charge in [-0.2, -0.15) is 5.26 Å². The number of benzene rings is 2. The Morgan fingerprint density at radius 1 is 1.14 bits per heavy atom. The highest BCUT2D eigenvalue weighted by Gasteiger charge is 2.07. The van der Waals surface area contributed by atoms with Gasteiger partial charge in [0.05, 0.1) is 18.6 Å². The van der Waals surface area contributed by atoms with E-state index in [1.54, 1.807) is 30.3 Å². The Kier molecular flexibility index (Phi) is 5.32. The number of nitrogens with zero attached hydrogens (tertiary/aromatic N) is 1. The lowest BCUT2D eigenvalue weighted by Gasteiger charge is -2.11. The van der Waals surface area contributed by atoms with Gasteiger partial charge in [0.25, 0.3) is 0 Å². The summed E-state index contributed by atoms with van der Waals surface area (Å²) in [5.74, 6) is 1.55. The molecule has 0 aliphatic carbocycles. The van der Waals surface area contributed by atoms with Crippen LogP contribution in [-0.4, -0.2) is 7.11 Å². The molecule has 108 valence electrons. The summed E-state index contributed by atoms with van der Waals surface area (Å²) in [5, 5.41) is 9.58. The minimum atomic E-state index is 0.326. The van der Waals surface area contributed by atoms with E-state index < -0.39 is 0 Å². The monoisotopic (exact) mass is 321 g/mol. The maximum Gasteiger partial charge on any atom is 0.137 e. The van der Waals surface area contributed by atoms with Crippen LogP contribution in [0.2, 0.25) is 5.02 Å². The molecule has 2 rings (SSSR count). The van der Waals surface area contributed by atoms with Crippen molar-refractivity contribution in [3.05, 3.63) is 58.1 Å². The molecule has 0 amide bonds. The van der Waals surface area contributed by atoms with E-state index in [9.17, 15) is 0 Å². The minimum Gasteiger partial charge on any atom is -0.495 e. The Morgan fingerprint density at radius 2 is 1.95 bits per heavy atom. The van der Waals surface area contributed by atoms with Gasteiger partial charge in [-0.1, -0.05) is 17.7 Å². The van der Waals surface area contributed by atoms with Crippen LogP contribution in [-0.2, 0) is 12.5 Å². The van der Waals surface area contributed by atoms with Crippen molar-refractivity contribution in [2.75, 3.05) is 7.11 Å². The Morgan fingerprint density at radius 3 is 2.62 bits per heavy atom. The van der Waals surface area contributed by atoms with Crippen LogP contribution in [0.4, 0.5) is 0 Å². The summed E-state index contributed by atoms with van der Waals surface area (Å²) in [5.41, 5.74) is 2.24. The third-order valence-corrected chi connectivity index (χ3v) is 3.47. The topological polar surface area (TPSA) is 42.2 Å². The number of rotatable bonds is 5. The first-order chi connectivity index (χ1) is 10.2. The molecule has 0 fully saturated rings. The number of nitriles is 1. The highest BCUT2D eigenvalue weighted by Crippen LogP contribution is 2.26. The predicted molar refractivity (Wildman–Crippen MR) is 83.1 cm³/mol. The zero-order valence-corrected chi connectivity index (χ0v) is 12.9. The van der Waals surface area contributed by atoms with E-state index in [0.29, 0.717) is 34.6 Å². The van der Waals surface area contributed by atoms with Crippen molar-refractivity contribution >= 4 is 23.2 Å². The normalized spacial score (nSPS) is 10.0. The van der Waals surface area contributed by atoms with Gasteiger partial charge >= 0.3 is 0 Å². The van der Waals surface area contributed by atoms with E-state index >= 15 is 0 Å². The highest BCUT2D eigenvalue weighted by molar-refractivity contribution is 6.30. The van der Waals surface area contributed by atoms with Crippen molar-refractivity contribution in [2.45, 2.75) is 12.5 Å². The molecule has 0 aromatic heterocycles. The molecule has 0 aliphatic heterocycles. The van der Waals surface area contributed by atoms with Gasteiger partial charge in [-0.3, -0.25) is 0 Å². The predicted octanol–water partition coefficient (Wildman–Crippen LogP) is 4.54. The average molecular weight is 322 g/mol. The second-order valence-electron chi connectivity index (χ2n) is 4.32. The van der Waals surface area contributed by atoms with E-state index in [1.807, 2.05) is 6.07 Å². The summed E-state index contributed by atoms with van der Waals surface area (Å²) in [7, 11) is 1.53. The van der Waals surface area contributed by atoms with Crippen LogP contribution in [0.3, 0.4) is 0 Å². The summed E-state index contributed by atoms with van der Waals surface area (Å²) >= 11 is 11.8.